The molecule has 1 aliphatic carbocycles. The minimum Gasteiger partial charge on any atom is -0.211 e. The molecule has 0 N–H and O–H groups in total. The molecule has 0 aromatic carbocycles. The van der Waals surface area contributed by atoms with Crippen LogP contribution in [0.15, 0.2) is 16.3 Å². The fourth-order valence-corrected chi connectivity index (χ4v) is 2.10. The fraction of sp³-hybridized carbons (Fsp3) is 0.700. The molecular formula is C10H15NO. The number of hydrogen-bond donors (Lipinski definition) is 0. The Kier molecular flexibility index (Phi) is 2.83. The molecule has 0 amide bonds. The first-order chi connectivity index (χ1) is 5.65. The van der Waals surface area contributed by atoms with Gasteiger partial charge in [0.25, 0.3) is 0 Å². The minimum atomic E-state index is 0.426. The van der Waals surface area contributed by atoms with E-state index in [1.165, 1.54) is 5.57 Å². The van der Waals surface area contributed by atoms with Gasteiger partial charge in [-0.1, -0.05) is 19.4 Å². The van der Waals surface area contributed by atoms with E-state index in [1.54, 1.807) is 6.08 Å². The predicted molar refractivity (Wildman–Crippen MR) is 48.4 cm³/mol. The maximum Gasteiger partial charge on any atom is 0.240 e. The molecule has 1 aliphatic rings. The summed E-state index contributed by atoms with van der Waals surface area (Å²) in [6.07, 6.45) is 3.84. The number of hydrogen-bond acceptors (Lipinski definition) is 2. The summed E-state index contributed by atoms with van der Waals surface area (Å²) in [7, 11) is 0. The molecule has 0 aromatic heterocycles. The molecule has 0 aromatic rings. The highest BCUT2D eigenvalue weighted by Gasteiger charge is 2.21. The van der Waals surface area contributed by atoms with Crippen molar-refractivity contribution in [3.63, 3.8) is 0 Å². The van der Waals surface area contributed by atoms with Crippen molar-refractivity contribution in [3.05, 3.63) is 11.3 Å². The summed E-state index contributed by atoms with van der Waals surface area (Å²) in [5.41, 5.74) is 2.22. The molecule has 0 fully saturated rings. The van der Waals surface area contributed by atoms with Gasteiger partial charge in [0, 0.05) is 0 Å². The standard InChI is InChI=1S/C10H15NO/c1-7-4-8(2)10(11-6-12)9(3)5-7/h7-8H,4-5H2,1-3H3. The third-order valence-corrected chi connectivity index (χ3v) is 2.48. The van der Waals surface area contributed by atoms with Gasteiger partial charge in [0.2, 0.25) is 6.08 Å². The zero-order chi connectivity index (χ0) is 9.14. The average molecular weight is 165 g/mol. The highest BCUT2D eigenvalue weighted by atomic mass is 16.1. The van der Waals surface area contributed by atoms with E-state index < -0.39 is 0 Å². The van der Waals surface area contributed by atoms with Crippen LogP contribution in [0, 0.1) is 11.8 Å². The molecule has 0 saturated carbocycles. The van der Waals surface area contributed by atoms with Crippen LogP contribution in [-0.2, 0) is 4.79 Å². The first-order valence-electron chi connectivity index (χ1n) is 4.42. The normalized spacial score (nSPS) is 29.9. The van der Waals surface area contributed by atoms with E-state index in [-0.39, 0.29) is 0 Å². The molecule has 0 aliphatic heterocycles. The maximum atomic E-state index is 10.1. The lowest BCUT2D eigenvalue weighted by molar-refractivity contribution is 0.413. The Hall–Kier alpha value is -0.880. The Balaban J connectivity index is 2.92. The summed E-state index contributed by atoms with van der Waals surface area (Å²) in [4.78, 5) is 13.9. The van der Waals surface area contributed by atoms with Crippen molar-refractivity contribution < 1.29 is 4.79 Å². The second-order valence-electron chi connectivity index (χ2n) is 3.81. The third kappa shape index (κ3) is 1.83. The molecule has 0 saturated heterocycles. The smallest absolute Gasteiger partial charge is 0.211 e. The molecule has 2 atom stereocenters. The predicted octanol–water partition coefficient (Wildman–Crippen LogP) is 2.66. The van der Waals surface area contributed by atoms with Gasteiger partial charge < -0.3 is 0 Å². The lowest BCUT2D eigenvalue weighted by Crippen LogP contribution is -2.13. The molecule has 2 nitrogen and oxygen atoms in total. The number of rotatable bonds is 1. The van der Waals surface area contributed by atoms with Gasteiger partial charge in [-0.15, -0.1) is 0 Å². The highest BCUT2D eigenvalue weighted by Crippen LogP contribution is 2.33. The van der Waals surface area contributed by atoms with Crippen LogP contribution >= 0.6 is 0 Å². The van der Waals surface area contributed by atoms with Gasteiger partial charge in [-0.2, -0.15) is 4.99 Å². The first-order valence-corrected chi connectivity index (χ1v) is 4.42. The number of allylic oxidation sites excluding steroid dienone is 2. The summed E-state index contributed by atoms with van der Waals surface area (Å²) >= 11 is 0. The van der Waals surface area contributed by atoms with Crippen molar-refractivity contribution in [1.82, 2.24) is 0 Å². The van der Waals surface area contributed by atoms with Crippen LogP contribution in [0.3, 0.4) is 0 Å². The van der Waals surface area contributed by atoms with Gasteiger partial charge in [0.05, 0.1) is 5.70 Å². The van der Waals surface area contributed by atoms with Gasteiger partial charge in [0.1, 0.15) is 0 Å². The molecule has 12 heavy (non-hydrogen) atoms. The Morgan fingerprint density at radius 3 is 2.67 bits per heavy atom. The van der Waals surface area contributed by atoms with Crippen molar-refractivity contribution in [3.8, 4) is 0 Å². The molecule has 2 unspecified atom stereocenters. The molecule has 0 bridgehead atoms. The van der Waals surface area contributed by atoms with Crippen LogP contribution in [0.25, 0.3) is 0 Å². The zero-order valence-electron chi connectivity index (χ0n) is 7.92. The van der Waals surface area contributed by atoms with E-state index in [0.717, 1.165) is 24.5 Å². The number of carbonyl (C=O) groups excluding carboxylic acids is 1. The number of nitrogens with zero attached hydrogens (tertiary/aromatic N) is 1. The Bertz CT molecular complexity index is 249. The lowest BCUT2D eigenvalue weighted by Gasteiger charge is -2.25. The summed E-state index contributed by atoms with van der Waals surface area (Å²) in [5.74, 6) is 1.15. The van der Waals surface area contributed by atoms with E-state index in [1.807, 2.05) is 0 Å². The summed E-state index contributed by atoms with van der Waals surface area (Å²) < 4.78 is 0. The molecule has 1 rings (SSSR count). The largest absolute Gasteiger partial charge is 0.240 e. The van der Waals surface area contributed by atoms with Crippen molar-refractivity contribution in [2.75, 3.05) is 0 Å². The minimum absolute atomic E-state index is 0.426. The lowest BCUT2D eigenvalue weighted by atomic mass is 9.82. The second-order valence-corrected chi connectivity index (χ2v) is 3.81. The highest BCUT2D eigenvalue weighted by molar-refractivity contribution is 5.38. The quantitative estimate of drug-likeness (QED) is 0.434. The first kappa shape index (κ1) is 9.21. The van der Waals surface area contributed by atoms with Crippen LogP contribution in [0.1, 0.15) is 33.6 Å². The van der Waals surface area contributed by atoms with Gasteiger partial charge in [-0.05, 0) is 31.6 Å². The third-order valence-electron chi connectivity index (χ3n) is 2.48. The van der Waals surface area contributed by atoms with Crippen molar-refractivity contribution in [2.45, 2.75) is 33.6 Å². The van der Waals surface area contributed by atoms with E-state index in [2.05, 4.69) is 25.8 Å². The van der Waals surface area contributed by atoms with Crippen molar-refractivity contribution in [2.24, 2.45) is 16.8 Å². The molecular weight excluding hydrogens is 150 g/mol. The molecule has 66 valence electrons. The van der Waals surface area contributed by atoms with Gasteiger partial charge in [0.15, 0.2) is 0 Å². The summed E-state index contributed by atoms with van der Waals surface area (Å²) in [5, 5.41) is 0. The molecule has 0 radical (unpaired) electrons. The second kappa shape index (κ2) is 3.68. The van der Waals surface area contributed by atoms with Crippen LogP contribution in [-0.4, -0.2) is 6.08 Å². The van der Waals surface area contributed by atoms with E-state index in [9.17, 15) is 4.79 Å². The SMILES string of the molecule is CC1=C(N=C=O)C(C)CC(C)C1. The number of aliphatic imine (C=N–C) groups is 1. The Morgan fingerprint density at radius 2 is 2.17 bits per heavy atom. The summed E-state index contributed by atoms with van der Waals surface area (Å²) in [6.45, 7) is 6.42. The molecule has 0 heterocycles. The zero-order valence-corrected chi connectivity index (χ0v) is 7.92. The molecule has 0 spiro atoms. The van der Waals surface area contributed by atoms with Gasteiger partial charge in [-0.3, -0.25) is 0 Å². The van der Waals surface area contributed by atoms with E-state index >= 15 is 0 Å². The average Bonchev–Trinajstić information content (AvgIpc) is 1.96. The van der Waals surface area contributed by atoms with Crippen LogP contribution < -0.4 is 0 Å². The Morgan fingerprint density at radius 1 is 1.50 bits per heavy atom. The van der Waals surface area contributed by atoms with Gasteiger partial charge in [-0.25, -0.2) is 4.79 Å². The van der Waals surface area contributed by atoms with Crippen molar-refractivity contribution in [1.29, 1.82) is 0 Å². The number of isocyanates is 1. The Labute approximate surface area is 73.4 Å². The van der Waals surface area contributed by atoms with Crippen molar-refractivity contribution >= 4 is 6.08 Å². The van der Waals surface area contributed by atoms with Gasteiger partial charge >= 0.3 is 0 Å². The summed E-state index contributed by atoms with van der Waals surface area (Å²) in [6, 6.07) is 0. The van der Waals surface area contributed by atoms with E-state index in [4.69, 9.17) is 0 Å². The fourth-order valence-electron chi connectivity index (χ4n) is 2.10. The van der Waals surface area contributed by atoms with Crippen LogP contribution in [0.5, 0.6) is 0 Å². The van der Waals surface area contributed by atoms with Crippen LogP contribution in [0.4, 0.5) is 0 Å². The van der Waals surface area contributed by atoms with Crippen LogP contribution in [0.2, 0.25) is 0 Å². The van der Waals surface area contributed by atoms with E-state index in [0.29, 0.717) is 5.92 Å². The molecule has 2 heteroatoms. The maximum absolute atomic E-state index is 10.1. The monoisotopic (exact) mass is 165 g/mol. The topological polar surface area (TPSA) is 29.4 Å².